The Morgan fingerprint density at radius 1 is 1.23 bits per heavy atom. The van der Waals surface area contributed by atoms with E-state index >= 15 is 0 Å². The average Bonchev–Trinajstić information content (AvgIpc) is 3.19. The Hall–Kier alpha value is -2.93. The van der Waals surface area contributed by atoms with E-state index in [0.717, 1.165) is 5.56 Å². The van der Waals surface area contributed by atoms with E-state index in [1.807, 2.05) is 12.1 Å². The third-order valence-corrected chi connectivity index (χ3v) is 5.94. The van der Waals surface area contributed by atoms with Gasteiger partial charge in [0.1, 0.15) is 11.1 Å². The van der Waals surface area contributed by atoms with Crippen molar-refractivity contribution < 1.29 is 14.3 Å². The van der Waals surface area contributed by atoms with Gasteiger partial charge in [-0.05, 0) is 31.2 Å². The van der Waals surface area contributed by atoms with E-state index in [1.165, 1.54) is 23.1 Å². The summed E-state index contributed by atoms with van der Waals surface area (Å²) in [6, 6.07) is 12.7. The minimum absolute atomic E-state index is 0.0541. The van der Waals surface area contributed by atoms with E-state index < -0.39 is 0 Å². The normalized spacial score (nSPS) is 10.4. The number of ether oxygens (including phenoxy) is 1. The Labute approximate surface area is 192 Å². The van der Waals surface area contributed by atoms with Crippen LogP contribution in [0.25, 0.3) is 11.3 Å². The lowest BCUT2D eigenvalue weighted by Gasteiger charge is -2.07. The molecule has 1 N–H and O–H groups in total. The second-order valence-electron chi connectivity index (χ2n) is 6.13. The summed E-state index contributed by atoms with van der Waals surface area (Å²) in [5, 5.41) is 15.2. The van der Waals surface area contributed by atoms with Gasteiger partial charge in [-0.15, -0.1) is 11.3 Å². The molecule has 2 aromatic heterocycles. The molecule has 0 radical (unpaired) electrons. The van der Waals surface area contributed by atoms with Gasteiger partial charge in [0.25, 0.3) is 0 Å². The SMILES string of the molecule is CCOC(=O)Cc1csc(NC(=O)CSc2nc(-c3ccc(Cl)cc3)ccc2C#N)n1. The fourth-order valence-electron chi connectivity index (χ4n) is 2.51. The van der Waals surface area contributed by atoms with E-state index in [9.17, 15) is 14.9 Å². The zero-order valence-corrected chi connectivity index (χ0v) is 18.8. The van der Waals surface area contributed by atoms with Gasteiger partial charge in [0, 0.05) is 16.0 Å². The van der Waals surface area contributed by atoms with Gasteiger partial charge in [0.05, 0.1) is 35.7 Å². The fraction of sp³-hybridized carbons (Fsp3) is 0.190. The van der Waals surface area contributed by atoms with Crippen LogP contribution in [-0.2, 0) is 20.7 Å². The third-order valence-electron chi connectivity index (χ3n) is 3.89. The van der Waals surface area contributed by atoms with Crippen LogP contribution in [0.15, 0.2) is 46.8 Å². The van der Waals surface area contributed by atoms with Crippen LogP contribution in [0.4, 0.5) is 5.13 Å². The number of esters is 1. The summed E-state index contributed by atoms with van der Waals surface area (Å²) in [5.41, 5.74) is 2.47. The lowest BCUT2D eigenvalue weighted by atomic mass is 10.1. The molecule has 1 aromatic carbocycles. The summed E-state index contributed by atoms with van der Waals surface area (Å²) in [6.45, 7) is 2.04. The second-order valence-corrected chi connectivity index (χ2v) is 8.39. The molecule has 3 rings (SSSR count). The molecular weight excluding hydrogens is 456 g/mol. The molecule has 31 heavy (non-hydrogen) atoms. The van der Waals surface area contributed by atoms with E-state index in [4.69, 9.17) is 16.3 Å². The van der Waals surface area contributed by atoms with Crippen molar-refractivity contribution in [1.29, 1.82) is 5.26 Å². The largest absolute Gasteiger partial charge is 0.466 e. The molecule has 0 spiro atoms. The minimum atomic E-state index is -0.364. The number of hydrogen-bond donors (Lipinski definition) is 1. The summed E-state index contributed by atoms with van der Waals surface area (Å²) < 4.78 is 4.89. The summed E-state index contributed by atoms with van der Waals surface area (Å²) in [5.74, 6) is -0.597. The maximum Gasteiger partial charge on any atom is 0.311 e. The van der Waals surface area contributed by atoms with Crippen LogP contribution in [0.1, 0.15) is 18.2 Å². The first-order valence-electron chi connectivity index (χ1n) is 9.18. The monoisotopic (exact) mass is 472 g/mol. The van der Waals surface area contributed by atoms with E-state index in [2.05, 4.69) is 21.4 Å². The molecule has 158 valence electrons. The van der Waals surface area contributed by atoms with Gasteiger partial charge in [-0.2, -0.15) is 5.26 Å². The Bertz CT molecular complexity index is 1130. The standard InChI is InChI=1S/C21H17ClN4O3S2/c1-2-29-19(28)9-16-11-31-21(24-16)26-18(27)12-30-20-14(10-23)5-8-17(25-20)13-3-6-15(22)7-4-13/h3-8,11H,2,9,12H2,1H3,(H,24,26,27). The number of hydrogen-bond acceptors (Lipinski definition) is 8. The highest BCUT2D eigenvalue weighted by molar-refractivity contribution is 8.00. The molecule has 0 saturated heterocycles. The molecule has 0 bridgehead atoms. The number of nitrogens with zero attached hydrogens (tertiary/aromatic N) is 3. The van der Waals surface area contributed by atoms with Crippen molar-refractivity contribution in [2.24, 2.45) is 0 Å². The highest BCUT2D eigenvalue weighted by Crippen LogP contribution is 2.26. The maximum absolute atomic E-state index is 12.3. The van der Waals surface area contributed by atoms with Gasteiger partial charge in [-0.25, -0.2) is 9.97 Å². The van der Waals surface area contributed by atoms with E-state index in [1.54, 1.807) is 36.6 Å². The van der Waals surface area contributed by atoms with Crippen molar-refractivity contribution in [3.63, 3.8) is 0 Å². The molecule has 2 heterocycles. The number of thioether (sulfide) groups is 1. The Balaban J connectivity index is 1.62. The first kappa shape index (κ1) is 22.7. The van der Waals surface area contributed by atoms with Crippen LogP contribution < -0.4 is 5.32 Å². The van der Waals surface area contributed by atoms with Crippen LogP contribution >= 0.6 is 34.7 Å². The minimum Gasteiger partial charge on any atom is -0.466 e. The zero-order valence-electron chi connectivity index (χ0n) is 16.4. The van der Waals surface area contributed by atoms with Gasteiger partial charge >= 0.3 is 5.97 Å². The predicted octanol–water partition coefficient (Wildman–Crippen LogP) is 4.57. The zero-order chi connectivity index (χ0) is 22.2. The number of nitriles is 1. The fourth-order valence-corrected chi connectivity index (χ4v) is 4.14. The number of pyridine rings is 1. The molecule has 1 amide bonds. The van der Waals surface area contributed by atoms with Crippen molar-refractivity contribution >= 4 is 51.7 Å². The first-order chi connectivity index (χ1) is 15.0. The molecule has 0 aliphatic rings. The second kappa shape index (κ2) is 10.9. The molecule has 0 aliphatic heterocycles. The lowest BCUT2D eigenvalue weighted by molar-refractivity contribution is -0.142. The predicted molar refractivity (Wildman–Crippen MR) is 121 cm³/mol. The van der Waals surface area contributed by atoms with Crippen LogP contribution in [0.5, 0.6) is 0 Å². The molecule has 10 heteroatoms. The van der Waals surface area contributed by atoms with Crippen molar-refractivity contribution in [2.75, 3.05) is 17.7 Å². The number of nitrogens with one attached hydrogen (secondary N) is 1. The Kier molecular flexibility index (Phi) is 8.00. The number of rotatable bonds is 8. The molecule has 0 saturated carbocycles. The lowest BCUT2D eigenvalue weighted by Crippen LogP contribution is -2.14. The number of amides is 1. The average molecular weight is 473 g/mol. The summed E-state index contributed by atoms with van der Waals surface area (Å²) >= 11 is 8.33. The Morgan fingerprint density at radius 2 is 2.00 bits per heavy atom. The van der Waals surface area contributed by atoms with Crippen LogP contribution in [0, 0.1) is 11.3 Å². The summed E-state index contributed by atoms with van der Waals surface area (Å²) in [6.07, 6.45) is 0.0574. The van der Waals surface area contributed by atoms with Gasteiger partial charge in [-0.3, -0.25) is 9.59 Å². The van der Waals surface area contributed by atoms with E-state index in [0.29, 0.717) is 38.7 Å². The number of aromatic nitrogens is 2. The number of carbonyl (C=O) groups is 2. The number of benzene rings is 1. The highest BCUT2D eigenvalue weighted by atomic mass is 35.5. The molecule has 0 atom stereocenters. The van der Waals surface area contributed by atoms with Crippen LogP contribution in [0.2, 0.25) is 5.02 Å². The van der Waals surface area contributed by atoms with Crippen molar-refractivity contribution in [1.82, 2.24) is 9.97 Å². The number of anilines is 1. The van der Waals surface area contributed by atoms with Gasteiger partial charge < -0.3 is 10.1 Å². The van der Waals surface area contributed by atoms with Gasteiger partial charge in [-0.1, -0.05) is 35.5 Å². The van der Waals surface area contributed by atoms with Crippen molar-refractivity contribution in [3.8, 4) is 17.3 Å². The summed E-state index contributed by atoms with van der Waals surface area (Å²) in [4.78, 5) is 32.6. The van der Waals surface area contributed by atoms with Crippen LogP contribution in [-0.4, -0.2) is 34.2 Å². The number of thiazole rings is 1. The first-order valence-corrected chi connectivity index (χ1v) is 11.4. The maximum atomic E-state index is 12.3. The molecular formula is C21H17ClN4O3S2. The Morgan fingerprint density at radius 3 is 2.71 bits per heavy atom. The smallest absolute Gasteiger partial charge is 0.311 e. The highest BCUT2D eigenvalue weighted by Gasteiger charge is 2.13. The quantitative estimate of drug-likeness (QED) is 0.378. The molecule has 3 aromatic rings. The van der Waals surface area contributed by atoms with E-state index in [-0.39, 0.29) is 24.1 Å². The summed E-state index contributed by atoms with van der Waals surface area (Å²) in [7, 11) is 0. The van der Waals surface area contributed by atoms with Crippen LogP contribution in [0.3, 0.4) is 0 Å². The van der Waals surface area contributed by atoms with Gasteiger partial charge in [0.2, 0.25) is 5.91 Å². The third kappa shape index (κ3) is 6.52. The van der Waals surface area contributed by atoms with Crippen molar-refractivity contribution in [3.05, 3.63) is 58.1 Å². The molecule has 0 unspecified atom stereocenters. The molecule has 0 aliphatic carbocycles. The molecule has 0 fully saturated rings. The number of halogens is 1. The molecule has 7 nitrogen and oxygen atoms in total. The number of carbonyl (C=O) groups excluding carboxylic acids is 2. The topological polar surface area (TPSA) is 105 Å². The van der Waals surface area contributed by atoms with Crippen molar-refractivity contribution in [2.45, 2.75) is 18.4 Å². The van der Waals surface area contributed by atoms with Gasteiger partial charge in [0.15, 0.2) is 5.13 Å².